The number of aryl methyl sites for hydroxylation is 1. The van der Waals surface area contributed by atoms with Crippen molar-refractivity contribution in [2.24, 2.45) is 10.1 Å². The quantitative estimate of drug-likeness (QED) is 0.642. The van der Waals surface area contributed by atoms with E-state index in [0.717, 1.165) is 22.6 Å². The van der Waals surface area contributed by atoms with Gasteiger partial charge in [0.25, 0.3) is 0 Å². The van der Waals surface area contributed by atoms with Crippen LogP contribution in [0.2, 0.25) is 0 Å². The van der Waals surface area contributed by atoms with Gasteiger partial charge in [0.2, 0.25) is 5.91 Å². The number of nitriles is 1. The van der Waals surface area contributed by atoms with E-state index in [0.29, 0.717) is 31.4 Å². The highest BCUT2D eigenvalue weighted by Gasteiger charge is 2.33. The molecule has 0 saturated carbocycles. The van der Waals surface area contributed by atoms with Gasteiger partial charge in [-0.25, -0.2) is 5.01 Å². The Labute approximate surface area is 163 Å². The van der Waals surface area contributed by atoms with Crippen molar-refractivity contribution in [3.8, 4) is 6.07 Å². The van der Waals surface area contributed by atoms with Crippen LogP contribution in [0.25, 0.3) is 0 Å². The number of hydrazone groups is 1. The molecule has 2 aliphatic rings. The maximum absolute atomic E-state index is 11.4. The van der Waals surface area contributed by atoms with Crippen molar-refractivity contribution >= 4 is 29.0 Å². The van der Waals surface area contributed by atoms with Gasteiger partial charge in [-0.15, -0.1) is 0 Å². The number of benzene rings is 1. The van der Waals surface area contributed by atoms with Crippen molar-refractivity contribution in [1.29, 1.82) is 5.26 Å². The molecule has 9 nitrogen and oxygen atoms in total. The largest absolute Gasteiger partial charge is 0.383 e. The van der Waals surface area contributed by atoms with Gasteiger partial charge in [-0.3, -0.25) is 9.79 Å². The zero-order chi connectivity index (χ0) is 20.1. The van der Waals surface area contributed by atoms with Crippen molar-refractivity contribution in [1.82, 2.24) is 10.3 Å². The number of fused-ring (bicyclic) bond motifs is 1. The lowest BCUT2D eigenvalue weighted by Gasteiger charge is -2.26. The highest BCUT2D eigenvalue weighted by molar-refractivity contribution is 6.13. The third-order valence-electron chi connectivity index (χ3n) is 4.25. The summed E-state index contributed by atoms with van der Waals surface area (Å²) in [4.78, 5) is 15.8. The summed E-state index contributed by atoms with van der Waals surface area (Å²) in [7, 11) is 1.64. The Balaban J connectivity index is 1.84. The summed E-state index contributed by atoms with van der Waals surface area (Å²) < 4.78 is 5.09. The Morgan fingerprint density at radius 3 is 3.00 bits per heavy atom. The Morgan fingerprint density at radius 2 is 2.29 bits per heavy atom. The third-order valence-corrected chi connectivity index (χ3v) is 4.25. The monoisotopic (exact) mass is 381 g/mol. The van der Waals surface area contributed by atoms with Crippen LogP contribution in [0, 0.1) is 18.3 Å². The number of nitrogens with zero attached hydrogens (tertiary/aromatic N) is 4. The molecule has 3 N–H and O–H groups in total. The molecule has 1 aromatic carbocycles. The van der Waals surface area contributed by atoms with Crippen LogP contribution >= 0.6 is 0 Å². The standard InChI is InChI=1S/C19H23N7O2/c1-12-4-5-14(8-16(12)23-13(2)27)24-18-9-17(21-6-7-28-3)19-22-11-15(10-20)26(19)25-18/h4-5,8-9,15,21H,6-7,11H2,1-3H3,(H,23,27)(H,24,25). The Bertz CT molecular complexity index is 898. The zero-order valence-electron chi connectivity index (χ0n) is 16.1. The summed E-state index contributed by atoms with van der Waals surface area (Å²) in [6, 6.07) is 7.46. The predicted molar refractivity (Wildman–Crippen MR) is 108 cm³/mol. The first-order valence-corrected chi connectivity index (χ1v) is 8.94. The molecule has 0 bridgehead atoms. The summed E-state index contributed by atoms with van der Waals surface area (Å²) in [5.41, 5.74) is 3.24. The fraction of sp³-hybridized carbons (Fsp3) is 0.368. The molecule has 1 amide bonds. The molecule has 0 aliphatic carbocycles. The van der Waals surface area contributed by atoms with Gasteiger partial charge in [-0.2, -0.15) is 10.4 Å². The van der Waals surface area contributed by atoms with E-state index in [1.54, 1.807) is 12.1 Å². The lowest BCUT2D eigenvalue weighted by Crippen LogP contribution is -2.41. The molecular weight excluding hydrogens is 358 g/mol. The minimum Gasteiger partial charge on any atom is -0.383 e. The molecule has 1 atom stereocenters. The molecule has 2 aliphatic heterocycles. The van der Waals surface area contributed by atoms with Gasteiger partial charge in [0.05, 0.1) is 24.9 Å². The molecular formula is C19H23N7O2. The van der Waals surface area contributed by atoms with Gasteiger partial charge in [0.1, 0.15) is 0 Å². The highest BCUT2D eigenvalue weighted by atomic mass is 16.5. The highest BCUT2D eigenvalue weighted by Crippen LogP contribution is 2.23. The number of rotatable bonds is 6. The molecule has 2 heterocycles. The van der Waals surface area contributed by atoms with E-state index >= 15 is 0 Å². The molecule has 1 unspecified atom stereocenters. The van der Waals surface area contributed by atoms with E-state index in [2.05, 4.69) is 32.1 Å². The van der Waals surface area contributed by atoms with E-state index in [4.69, 9.17) is 4.74 Å². The van der Waals surface area contributed by atoms with Crippen LogP contribution in [-0.4, -0.2) is 55.4 Å². The molecule has 0 saturated heterocycles. The molecule has 0 fully saturated rings. The Morgan fingerprint density at radius 1 is 1.46 bits per heavy atom. The minimum atomic E-state index is -0.437. The maximum Gasteiger partial charge on any atom is 0.221 e. The van der Waals surface area contributed by atoms with Crippen LogP contribution in [0.4, 0.5) is 11.4 Å². The first-order valence-electron chi connectivity index (χ1n) is 8.94. The first-order chi connectivity index (χ1) is 13.5. The number of nitrogens with one attached hydrogen (secondary N) is 3. The number of amides is 1. The number of ether oxygens (including phenoxy) is 1. The lowest BCUT2D eigenvalue weighted by atomic mass is 10.1. The summed E-state index contributed by atoms with van der Waals surface area (Å²) in [5.74, 6) is 1.09. The summed E-state index contributed by atoms with van der Waals surface area (Å²) in [5, 5.41) is 24.9. The zero-order valence-corrected chi connectivity index (χ0v) is 16.1. The second-order valence-corrected chi connectivity index (χ2v) is 6.45. The molecule has 0 aromatic heterocycles. The predicted octanol–water partition coefficient (Wildman–Crippen LogP) is 1.42. The van der Waals surface area contributed by atoms with Crippen molar-refractivity contribution in [2.45, 2.75) is 19.9 Å². The first kappa shape index (κ1) is 19.4. The number of anilines is 2. The molecule has 3 rings (SSSR count). The van der Waals surface area contributed by atoms with Gasteiger partial charge >= 0.3 is 0 Å². The Kier molecular flexibility index (Phi) is 5.91. The fourth-order valence-electron chi connectivity index (χ4n) is 2.89. The SMILES string of the molecule is COCCNC1=CC(Nc2ccc(C)c(NC(C)=O)c2)=NN2C1=NCC2C#N. The summed E-state index contributed by atoms with van der Waals surface area (Å²) >= 11 is 0. The number of methoxy groups -OCH3 is 1. The van der Waals surface area contributed by atoms with Crippen LogP contribution in [0.1, 0.15) is 12.5 Å². The van der Waals surface area contributed by atoms with Crippen LogP contribution < -0.4 is 16.0 Å². The smallest absolute Gasteiger partial charge is 0.221 e. The second kappa shape index (κ2) is 8.54. The van der Waals surface area contributed by atoms with Gasteiger partial charge in [0.15, 0.2) is 17.7 Å². The van der Waals surface area contributed by atoms with E-state index in [9.17, 15) is 10.1 Å². The van der Waals surface area contributed by atoms with Gasteiger partial charge in [-0.1, -0.05) is 6.07 Å². The molecule has 0 spiro atoms. The topological polar surface area (TPSA) is 114 Å². The molecule has 28 heavy (non-hydrogen) atoms. The summed E-state index contributed by atoms with van der Waals surface area (Å²) in [6.45, 7) is 4.93. The number of carbonyl (C=O) groups is 1. The van der Waals surface area contributed by atoms with Crippen molar-refractivity contribution in [3.63, 3.8) is 0 Å². The van der Waals surface area contributed by atoms with Crippen molar-refractivity contribution in [3.05, 3.63) is 35.5 Å². The third kappa shape index (κ3) is 4.29. The van der Waals surface area contributed by atoms with Crippen LogP contribution in [0.15, 0.2) is 40.1 Å². The van der Waals surface area contributed by atoms with Crippen LogP contribution in [0.3, 0.4) is 0 Å². The molecule has 9 heteroatoms. The van der Waals surface area contributed by atoms with E-state index in [1.807, 2.05) is 31.2 Å². The maximum atomic E-state index is 11.4. The van der Waals surface area contributed by atoms with Gasteiger partial charge in [-0.05, 0) is 24.6 Å². The van der Waals surface area contributed by atoms with E-state index < -0.39 is 6.04 Å². The average Bonchev–Trinajstić information content (AvgIpc) is 3.07. The average molecular weight is 381 g/mol. The number of amidine groups is 2. The summed E-state index contributed by atoms with van der Waals surface area (Å²) in [6.07, 6.45) is 1.85. The number of aliphatic imine (C=N–C) groups is 1. The van der Waals surface area contributed by atoms with E-state index in [-0.39, 0.29) is 5.91 Å². The number of hydrogen-bond acceptors (Lipinski definition) is 8. The van der Waals surface area contributed by atoms with Crippen molar-refractivity contribution in [2.75, 3.05) is 37.4 Å². The number of carbonyl (C=O) groups excluding carboxylic acids is 1. The normalized spacial score (nSPS) is 17.7. The minimum absolute atomic E-state index is 0.130. The van der Waals surface area contributed by atoms with Crippen LogP contribution in [0.5, 0.6) is 0 Å². The fourth-order valence-corrected chi connectivity index (χ4v) is 2.89. The van der Waals surface area contributed by atoms with E-state index in [1.165, 1.54) is 6.92 Å². The molecule has 146 valence electrons. The van der Waals surface area contributed by atoms with Crippen LogP contribution in [-0.2, 0) is 9.53 Å². The van der Waals surface area contributed by atoms with Gasteiger partial charge < -0.3 is 20.7 Å². The molecule has 1 aromatic rings. The second-order valence-electron chi connectivity index (χ2n) is 6.45. The molecule has 0 radical (unpaired) electrons. The lowest BCUT2D eigenvalue weighted by molar-refractivity contribution is -0.114. The number of hydrogen-bond donors (Lipinski definition) is 3. The van der Waals surface area contributed by atoms with Crippen molar-refractivity contribution < 1.29 is 9.53 Å². The Hall–Kier alpha value is -3.38. The van der Waals surface area contributed by atoms with Gasteiger partial charge in [0, 0.05) is 38.0 Å².